The van der Waals surface area contributed by atoms with Crippen molar-refractivity contribution in [1.29, 1.82) is 0 Å². The molecule has 0 bridgehead atoms. The number of rotatable bonds is 7. The van der Waals surface area contributed by atoms with Gasteiger partial charge in [0.1, 0.15) is 5.75 Å². The number of carbonyl (C=O) groups excluding carboxylic acids is 1. The van der Waals surface area contributed by atoms with Crippen molar-refractivity contribution in [2.45, 2.75) is 32.1 Å². The monoisotopic (exact) mass is 381 g/mol. The van der Waals surface area contributed by atoms with Crippen molar-refractivity contribution in [2.24, 2.45) is 5.92 Å². The largest absolute Gasteiger partial charge is 0.493 e. The maximum absolute atomic E-state index is 12.2. The molecule has 5 nitrogen and oxygen atoms in total. The van der Waals surface area contributed by atoms with Crippen molar-refractivity contribution >= 4 is 18.3 Å². The molecule has 1 aliphatic heterocycles. The molecule has 2 N–H and O–H groups in total. The highest BCUT2D eigenvalue weighted by Gasteiger charge is 2.14. The molecule has 1 aromatic carbocycles. The molecule has 0 atom stereocenters. The van der Waals surface area contributed by atoms with E-state index in [-0.39, 0.29) is 18.3 Å². The van der Waals surface area contributed by atoms with Crippen molar-refractivity contribution < 1.29 is 9.53 Å². The first-order chi connectivity index (χ1) is 12.3. The van der Waals surface area contributed by atoms with Crippen LogP contribution in [0.1, 0.15) is 42.5 Å². The van der Waals surface area contributed by atoms with E-state index in [0.29, 0.717) is 18.0 Å². The minimum Gasteiger partial charge on any atom is -0.493 e. The Balaban J connectivity index is 0.00000243. The van der Waals surface area contributed by atoms with Crippen LogP contribution in [0.5, 0.6) is 5.75 Å². The number of piperazine rings is 1. The van der Waals surface area contributed by atoms with E-state index in [0.717, 1.165) is 45.1 Å². The molecule has 0 unspecified atom stereocenters. The first-order valence-corrected chi connectivity index (χ1v) is 9.75. The third kappa shape index (κ3) is 6.78. The number of ether oxygens (including phenoxy) is 1. The van der Waals surface area contributed by atoms with Gasteiger partial charge >= 0.3 is 0 Å². The van der Waals surface area contributed by atoms with Gasteiger partial charge in [0.2, 0.25) is 0 Å². The van der Waals surface area contributed by atoms with Crippen molar-refractivity contribution in [3.63, 3.8) is 0 Å². The fourth-order valence-electron chi connectivity index (χ4n) is 3.63. The van der Waals surface area contributed by atoms with Crippen LogP contribution in [0.4, 0.5) is 0 Å². The summed E-state index contributed by atoms with van der Waals surface area (Å²) in [6, 6.07) is 7.54. The second-order valence-electron chi connectivity index (χ2n) is 7.19. The molecule has 1 heterocycles. The van der Waals surface area contributed by atoms with Gasteiger partial charge in [-0.2, -0.15) is 0 Å². The van der Waals surface area contributed by atoms with Crippen molar-refractivity contribution in [3.8, 4) is 5.75 Å². The molecule has 1 saturated carbocycles. The highest BCUT2D eigenvalue weighted by Crippen LogP contribution is 2.24. The summed E-state index contributed by atoms with van der Waals surface area (Å²) in [5.74, 6) is 1.55. The first kappa shape index (κ1) is 21.0. The molecule has 1 aliphatic carbocycles. The molecule has 3 rings (SSSR count). The Kier molecular flexibility index (Phi) is 9.23. The Labute approximate surface area is 163 Å². The molecule has 6 heteroatoms. The van der Waals surface area contributed by atoms with Crippen LogP contribution in [-0.4, -0.2) is 56.7 Å². The Morgan fingerprint density at radius 2 is 1.81 bits per heavy atom. The summed E-state index contributed by atoms with van der Waals surface area (Å²) in [5, 5.41) is 6.34. The predicted octanol–water partition coefficient (Wildman–Crippen LogP) is 2.70. The lowest BCUT2D eigenvalue weighted by atomic mass is 9.90. The van der Waals surface area contributed by atoms with Gasteiger partial charge in [0.15, 0.2) is 0 Å². The van der Waals surface area contributed by atoms with Crippen molar-refractivity contribution in [3.05, 3.63) is 29.8 Å². The number of hydrogen-bond acceptors (Lipinski definition) is 4. The van der Waals surface area contributed by atoms with Crippen LogP contribution in [0.3, 0.4) is 0 Å². The van der Waals surface area contributed by atoms with E-state index in [9.17, 15) is 4.79 Å². The molecule has 146 valence electrons. The summed E-state index contributed by atoms with van der Waals surface area (Å²) in [4.78, 5) is 14.6. The molecular formula is C20H32ClN3O2. The van der Waals surface area contributed by atoms with E-state index >= 15 is 0 Å². The number of benzene rings is 1. The highest BCUT2D eigenvalue weighted by molar-refractivity contribution is 5.94. The Hall–Kier alpha value is -1.30. The van der Waals surface area contributed by atoms with Gasteiger partial charge < -0.3 is 15.4 Å². The third-order valence-electron chi connectivity index (χ3n) is 5.25. The highest BCUT2D eigenvalue weighted by atomic mass is 35.5. The average Bonchev–Trinajstić information content (AvgIpc) is 2.68. The molecule has 2 aliphatic rings. The van der Waals surface area contributed by atoms with E-state index in [2.05, 4.69) is 15.5 Å². The summed E-state index contributed by atoms with van der Waals surface area (Å²) < 4.78 is 5.90. The smallest absolute Gasteiger partial charge is 0.251 e. The second kappa shape index (κ2) is 11.4. The quantitative estimate of drug-likeness (QED) is 0.762. The fraction of sp³-hybridized carbons (Fsp3) is 0.650. The lowest BCUT2D eigenvalue weighted by Crippen LogP contribution is -2.46. The number of carbonyl (C=O) groups is 1. The zero-order valence-electron chi connectivity index (χ0n) is 15.5. The summed E-state index contributed by atoms with van der Waals surface area (Å²) in [5.41, 5.74) is 0.699. The molecular weight excluding hydrogens is 350 g/mol. The summed E-state index contributed by atoms with van der Waals surface area (Å²) in [6.07, 6.45) is 6.61. The van der Waals surface area contributed by atoms with Gasteiger partial charge in [0, 0.05) is 44.8 Å². The summed E-state index contributed by atoms with van der Waals surface area (Å²) in [6.45, 7) is 6.60. The molecule has 1 amide bonds. The average molecular weight is 382 g/mol. The van der Waals surface area contributed by atoms with Crippen LogP contribution >= 0.6 is 12.4 Å². The fourth-order valence-corrected chi connectivity index (χ4v) is 3.63. The number of amides is 1. The van der Waals surface area contributed by atoms with Gasteiger partial charge in [-0.05, 0) is 43.0 Å². The van der Waals surface area contributed by atoms with Crippen LogP contribution in [0.15, 0.2) is 24.3 Å². The second-order valence-corrected chi connectivity index (χ2v) is 7.19. The van der Waals surface area contributed by atoms with Gasteiger partial charge in [-0.25, -0.2) is 0 Å². The molecule has 1 aromatic rings. The van der Waals surface area contributed by atoms with Crippen LogP contribution in [0, 0.1) is 5.92 Å². The zero-order valence-corrected chi connectivity index (χ0v) is 16.4. The standard InChI is InChI=1S/C20H31N3O2.ClH/c24-20(22-12-15-23-13-10-21-11-14-23)18-6-8-19(9-7-18)25-16-17-4-2-1-3-5-17;/h6-9,17,21H,1-5,10-16H2,(H,22,24);1H. The topological polar surface area (TPSA) is 53.6 Å². The molecule has 0 radical (unpaired) electrons. The third-order valence-corrected chi connectivity index (χ3v) is 5.25. The lowest BCUT2D eigenvalue weighted by Gasteiger charge is -2.27. The zero-order chi connectivity index (χ0) is 17.3. The van der Waals surface area contributed by atoms with Crippen LogP contribution in [-0.2, 0) is 0 Å². The molecule has 0 spiro atoms. The Bertz CT molecular complexity index is 526. The molecule has 0 aromatic heterocycles. The van der Waals surface area contributed by atoms with Crippen molar-refractivity contribution in [1.82, 2.24) is 15.5 Å². The number of halogens is 1. The molecule has 1 saturated heterocycles. The van der Waals surface area contributed by atoms with Crippen LogP contribution < -0.4 is 15.4 Å². The molecule has 2 fully saturated rings. The normalized spacial score (nSPS) is 18.8. The predicted molar refractivity (Wildman–Crippen MR) is 107 cm³/mol. The van der Waals surface area contributed by atoms with Gasteiger partial charge in [0.25, 0.3) is 5.91 Å². The Morgan fingerprint density at radius 1 is 1.12 bits per heavy atom. The molecule has 26 heavy (non-hydrogen) atoms. The number of hydrogen-bond donors (Lipinski definition) is 2. The number of nitrogens with one attached hydrogen (secondary N) is 2. The van der Waals surface area contributed by atoms with Gasteiger partial charge in [-0.3, -0.25) is 9.69 Å². The summed E-state index contributed by atoms with van der Waals surface area (Å²) in [7, 11) is 0. The maximum Gasteiger partial charge on any atom is 0.251 e. The van der Waals surface area contributed by atoms with Crippen molar-refractivity contribution in [2.75, 3.05) is 45.9 Å². The summed E-state index contributed by atoms with van der Waals surface area (Å²) >= 11 is 0. The minimum atomic E-state index is -0.00559. The van der Waals surface area contributed by atoms with E-state index < -0.39 is 0 Å². The van der Waals surface area contributed by atoms with E-state index in [4.69, 9.17) is 4.74 Å². The van der Waals surface area contributed by atoms with Crippen LogP contribution in [0.25, 0.3) is 0 Å². The van der Waals surface area contributed by atoms with E-state index in [1.54, 1.807) is 0 Å². The maximum atomic E-state index is 12.2. The van der Waals surface area contributed by atoms with E-state index in [1.165, 1.54) is 32.1 Å². The first-order valence-electron chi connectivity index (χ1n) is 9.75. The van der Waals surface area contributed by atoms with Crippen LogP contribution in [0.2, 0.25) is 0 Å². The van der Waals surface area contributed by atoms with Gasteiger partial charge in [-0.1, -0.05) is 19.3 Å². The Morgan fingerprint density at radius 3 is 2.50 bits per heavy atom. The number of nitrogens with zero attached hydrogens (tertiary/aromatic N) is 1. The van der Waals surface area contributed by atoms with Gasteiger partial charge in [0.05, 0.1) is 6.61 Å². The minimum absolute atomic E-state index is 0. The van der Waals surface area contributed by atoms with Gasteiger partial charge in [-0.15, -0.1) is 12.4 Å². The lowest BCUT2D eigenvalue weighted by molar-refractivity contribution is 0.0947. The SMILES string of the molecule is Cl.O=C(NCCN1CCNCC1)c1ccc(OCC2CCCCC2)cc1. The van der Waals surface area contributed by atoms with E-state index in [1.807, 2.05) is 24.3 Å².